The fraction of sp³-hybridized carbons (Fsp3) is 0.909. The van der Waals surface area contributed by atoms with Crippen molar-refractivity contribution in [2.45, 2.75) is 82.2 Å². The summed E-state index contributed by atoms with van der Waals surface area (Å²) in [5.41, 5.74) is -2.07. The van der Waals surface area contributed by atoms with Gasteiger partial charge in [0.05, 0.1) is 29.6 Å². The van der Waals surface area contributed by atoms with Gasteiger partial charge in [0.2, 0.25) is 0 Å². The van der Waals surface area contributed by atoms with Crippen LogP contribution in [0.1, 0.15) is 64.7 Å². The number of carbonyl (C=O) groups excluding carboxylic acids is 2. The average Bonchev–Trinajstić information content (AvgIpc) is 3.13. The van der Waals surface area contributed by atoms with Crippen molar-refractivity contribution in [3.63, 3.8) is 0 Å². The lowest BCUT2D eigenvalue weighted by atomic mass is 9.42. The highest BCUT2D eigenvalue weighted by Crippen LogP contribution is 2.75. The minimum Gasteiger partial charge on any atom is -0.469 e. The van der Waals surface area contributed by atoms with Gasteiger partial charge in [-0.25, -0.2) is 0 Å². The number of ether oxygens (including phenoxy) is 3. The Morgan fingerprint density at radius 3 is 2.61 bits per heavy atom. The molecule has 1 N–H and O–H groups in total. The molecule has 6 heteroatoms. The van der Waals surface area contributed by atoms with Gasteiger partial charge in [-0.2, -0.15) is 0 Å². The molecule has 2 bridgehead atoms. The van der Waals surface area contributed by atoms with Gasteiger partial charge in [0.25, 0.3) is 0 Å². The monoisotopic (exact) mass is 392 g/mol. The molecule has 5 fully saturated rings. The first-order valence-electron chi connectivity index (χ1n) is 10.8. The summed E-state index contributed by atoms with van der Waals surface area (Å²) in [4.78, 5) is 24.7. The third-order valence-electron chi connectivity index (χ3n) is 9.66. The number of esters is 1. The molecule has 1 aliphatic heterocycles. The van der Waals surface area contributed by atoms with Crippen LogP contribution < -0.4 is 0 Å². The predicted octanol–water partition coefficient (Wildman–Crippen LogP) is 2.61. The zero-order valence-corrected chi connectivity index (χ0v) is 17.2. The van der Waals surface area contributed by atoms with Crippen molar-refractivity contribution in [2.75, 3.05) is 14.2 Å². The summed E-state index contributed by atoms with van der Waals surface area (Å²) < 4.78 is 17.8. The highest BCUT2D eigenvalue weighted by atomic mass is 16.7. The van der Waals surface area contributed by atoms with Gasteiger partial charge in [0, 0.05) is 25.9 Å². The Balaban J connectivity index is 1.60. The fourth-order valence-corrected chi connectivity index (χ4v) is 8.57. The van der Waals surface area contributed by atoms with Crippen molar-refractivity contribution in [3.8, 4) is 0 Å². The van der Waals surface area contributed by atoms with Crippen LogP contribution in [0, 0.1) is 28.6 Å². The molecule has 4 saturated carbocycles. The number of hydrogen-bond acceptors (Lipinski definition) is 6. The first-order valence-corrected chi connectivity index (χ1v) is 10.8. The third-order valence-corrected chi connectivity index (χ3v) is 9.66. The average molecular weight is 392 g/mol. The lowest BCUT2D eigenvalue weighted by Gasteiger charge is -2.62. The van der Waals surface area contributed by atoms with Crippen LogP contribution in [0.5, 0.6) is 0 Å². The molecule has 8 atom stereocenters. The summed E-state index contributed by atoms with van der Waals surface area (Å²) in [5.74, 6) is 0.377. The molecule has 6 nitrogen and oxygen atoms in total. The molecular weight excluding hydrogens is 360 g/mol. The van der Waals surface area contributed by atoms with E-state index in [2.05, 4.69) is 6.92 Å². The maximum atomic E-state index is 12.5. The Labute approximate surface area is 166 Å². The second kappa shape index (κ2) is 5.79. The summed E-state index contributed by atoms with van der Waals surface area (Å²) in [7, 11) is 3.13. The summed E-state index contributed by atoms with van der Waals surface area (Å²) in [6.45, 7) is 2.23. The van der Waals surface area contributed by atoms with Crippen molar-refractivity contribution < 1.29 is 28.9 Å². The van der Waals surface area contributed by atoms with E-state index in [4.69, 9.17) is 14.2 Å². The number of rotatable bonds is 2. The summed E-state index contributed by atoms with van der Waals surface area (Å²) in [6, 6.07) is 0. The molecule has 0 aromatic heterocycles. The molecule has 0 aromatic carbocycles. The highest BCUT2D eigenvalue weighted by Gasteiger charge is 2.79. The zero-order chi connectivity index (χ0) is 19.9. The van der Waals surface area contributed by atoms with E-state index in [1.165, 1.54) is 7.11 Å². The van der Waals surface area contributed by atoms with E-state index in [9.17, 15) is 14.7 Å². The van der Waals surface area contributed by atoms with Crippen molar-refractivity contribution in [1.29, 1.82) is 0 Å². The summed E-state index contributed by atoms with van der Waals surface area (Å²) in [6.07, 6.45) is 5.76. The summed E-state index contributed by atoms with van der Waals surface area (Å²) >= 11 is 0. The van der Waals surface area contributed by atoms with Crippen LogP contribution in [-0.4, -0.2) is 48.6 Å². The van der Waals surface area contributed by atoms with E-state index < -0.39 is 17.3 Å². The quantitative estimate of drug-likeness (QED) is 0.728. The van der Waals surface area contributed by atoms with Gasteiger partial charge in [-0.1, -0.05) is 6.92 Å². The van der Waals surface area contributed by atoms with E-state index in [-0.39, 0.29) is 46.9 Å². The number of fused-ring (bicyclic) bond motifs is 1. The van der Waals surface area contributed by atoms with Crippen LogP contribution in [0.2, 0.25) is 0 Å². The second-order valence-corrected chi connectivity index (χ2v) is 10.2. The molecular formula is C22H32O6. The normalized spacial score (nSPS) is 54.6. The van der Waals surface area contributed by atoms with Crippen molar-refractivity contribution >= 4 is 11.8 Å². The first-order chi connectivity index (χ1) is 13.3. The Hall–Kier alpha value is -0.980. The molecule has 0 amide bonds. The standard InChI is InChI=1S/C22H32O6/c1-19-8-7-16-21-9-6-13(23)12-20(21,25)10-11-22(16,28-18(21)27-3)15(19)5-4-14(19)17(24)26-2/h14-16,18,25H,4-12H2,1-3H3. The van der Waals surface area contributed by atoms with Crippen LogP contribution >= 0.6 is 0 Å². The number of aliphatic hydroxyl groups is 1. The Morgan fingerprint density at radius 1 is 1.11 bits per heavy atom. The Kier molecular flexibility index (Phi) is 3.93. The topological polar surface area (TPSA) is 82.1 Å². The van der Waals surface area contributed by atoms with Gasteiger partial charge in [0.1, 0.15) is 5.78 Å². The second-order valence-electron chi connectivity index (χ2n) is 10.2. The lowest BCUT2D eigenvalue weighted by molar-refractivity contribution is -0.225. The van der Waals surface area contributed by atoms with Crippen LogP contribution in [0.3, 0.4) is 0 Å². The SMILES string of the molecule is COC(=O)C1CCC2C1(C)CCC1C23CCC2(O)CC(=O)CCC12C(OC)O3. The largest absolute Gasteiger partial charge is 0.469 e. The van der Waals surface area contributed by atoms with Gasteiger partial charge in [-0.05, 0) is 56.3 Å². The first kappa shape index (κ1) is 19.0. The van der Waals surface area contributed by atoms with Gasteiger partial charge < -0.3 is 19.3 Å². The van der Waals surface area contributed by atoms with Gasteiger partial charge in [-0.15, -0.1) is 0 Å². The molecule has 1 heterocycles. The maximum absolute atomic E-state index is 12.5. The van der Waals surface area contributed by atoms with Crippen LogP contribution in [0.4, 0.5) is 0 Å². The molecule has 1 saturated heterocycles. The van der Waals surface area contributed by atoms with E-state index in [0.29, 0.717) is 19.3 Å². The minimum atomic E-state index is -1.04. The van der Waals surface area contributed by atoms with Crippen molar-refractivity contribution in [3.05, 3.63) is 0 Å². The zero-order valence-electron chi connectivity index (χ0n) is 17.2. The number of ketones is 1. The van der Waals surface area contributed by atoms with Crippen LogP contribution in [-0.2, 0) is 23.8 Å². The highest BCUT2D eigenvalue weighted by molar-refractivity contribution is 5.81. The van der Waals surface area contributed by atoms with Gasteiger partial charge in [-0.3, -0.25) is 9.59 Å². The Morgan fingerprint density at radius 2 is 1.89 bits per heavy atom. The van der Waals surface area contributed by atoms with E-state index in [1.807, 2.05) is 0 Å². The number of hydrogen-bond donors (Lipinski definition) is 1. The molecule has 4 aliphatic carbocycles. The maximum Gasteiger partial charge on any atom is 0.309 e. The number of carbonyl (C=O) groups is 2. The summed E-state index contributed by atoms with van der Waals surface area (Å²) in [5, 5.41) is 11.7. The fourth-order valence-electron chi connectivity index (χ4n) is 8.57. The van der Waals surface area contributed by atoms with Crippen molar-refractivity contribution in [2.24, 2.45) is 28.6 Å². The number of methoxy groups -OCH3 is 2. The van der Waals surface area contributed by atoms with Crippen LogP contribution in [0.25, 0.3) is 0 Å². The van der Waals surface area contributed by atoms with Crippen LogP contribution in [0.15, 0.2) is 0 Å². The van der Waals surface area contributed by atoms with Gasteiger partial charge >= 0.3 is 5.97 Å². The van der Waals surface area contributed by atoms with E-state index >= 15 is 0 Å². The van der Waals surface area contributed by atoms with Gasteiger partial charge in [0.15, 0.2) is 6.29 Å². The molecule has 156 valence electrons. The molecule has 0 radical (unpaired) electrons. The molecule has 0 aromatic rings. The minimum absolute atomic E-state index is 0.0901. The molecule has 8 unspecified atom stereocenters. The lowest BCUT2D eigenvalue weighted by Crippen LogP contribution is -2.67. The third kappa shape index (κ3) is 1.95. The van der Waals surface area contributed by atoms with E-state index in [0.717, 1.165) is 32.1 Å². The Bertz CT molecular complexity index is 722. The van der Waals surface area contributed by atoms with Crippen molar-refractivity contribution in [1.82, 2.24) is 0 Å². The van der Waals surface area contributed by atoms with E-state index in [1.54, 1.807) is 7.11 Å². The predicted molar refractivity (Wildman–Crippen MR) is 99.1 cm³/mol. The molecule has 5 aliphatic rings. The molecule has 1 spiro atoms. The number of Topliss-reactive ketones (excluding diaryl/α,β-unsaturated/α-hetero) is 1. The smallest absolute Gasteiger partial charge is 0.309 e. The molecule has 28 heavy (non-hydrogen) atoms. The molecule has 5 rings (SSSR count).